The Kier molecular flexibility index (Phi) is 17.1. The number of carboxylic acid groups (broad SMARTS) is 1. The summed E-state index contributed by atoms with van der Waals surface area (Å²) < 4.78 is 86.2. The van der Waals surface area contributed by atoms with Gasteiger partial charge in [0, 0.05) is 0 Å². The van der Waals surface area contributed by atoms with Gasteiger partial charge in [-0.25, -0.2) is 8.98 Å². The van der Waals surface area contributed by atoms with Crippen LogP contribution in [0.15, 0.2) is 11.6 Å². The summed E-state index contributed by atoms with van der Waals surface area (Å²) in [5.41, 5.74) is -1.54. The molecule has 0 radical (unpaired) electrons. The maximum atomic E-state index is 15.0. The molecule has 25 nitrogen and oxygen atoms in total. The minimum atomic E-state index is -5.25. The Morgan fingerprint density at radius 1 is 0.671 bits per heavy atom. The quantitative estimate of drug-likeness (QED) is 0.0503. The monoisotopic (exact) mass is 1150 g/mol. The molecule has 4 saturated heterocycles. The maximum absolute atomic E-state index is 15.0. The smallest absolute Gasteiger partial charge is 0.397 e. The third-order valence-electron chi connectivity index (χ3n) is 21.7. The lowest BCUT2D eigenvalue weighted by Crippen LogP contribution is -2.69. The summed E-state index contributed by atoms with van der Waals surface area (Å²) in [5, 5.41) is 118. The van der Waals surface area contributed by atoms with E-state index >= 15 is 4.79 Å². The van der Waals surface area contributed by atoms with Crippen molar-refractivity contribution in [3.8, 4) is 0 Å². The van der Waals surface area contributed by atoms with Crippen LogP contribution in [-0.2, 0) is 62.1 Å². The number of fused-ring (bicyclic) bond motifs is 7. The molecule has 0 aromatic heterocycles. The molecule has 452 valence electrons. The second-order valence-electron chi connectivity index (χ2n) is 25.8. The van der Waals surface area contributed by atoms with Crippen LogP contribution < -0.4 is 0 Å². The summed E-state index contributed by atoms with van der Waals surface area (Å²) in [5.74, 6) is -2.48. The van der Waals surface area contributed by atoms with Crippen LogP contribution >= 0.6 is 0 Å². The predicted octanol–water partition coefficient (Wildman–Crippen LogP) is -0.593. The number of carbonyl (C=O) groups is 2. The largest absolute Gasteiger partial charge is 0.479 e. The zero-order valence-electron chi connectivity index (χ0n) is 45.9. The molecular formula is C53H84O25S. The molecule has 5 aliphatic carbocycles. The van der Waals surface area contributed by atoms with Crippen LogP contribution in [0.1, 0.15) is 113 Å². The molecule has 8 fully saturated rings. The molecule has 26 heteroatoms. The van der Waals surface area contributed by atoms with E-state index in [4.69, 9.17) is 42.1 Å². The number of aliphatic hydroxyl groups excluding tert-OH is 10. The lowest BCUT2D eigenvalue weighted by molar-refractivity contribution is -0.386. The van der Waals surface area contributed by atoms with Crippen LogP contribution in [0.4, 0.5) is 0 Å². The van der Waals surface area contributed by atoms with Crippen molar-refractivity contribution in [2.75, 3.05) is 13.2 Å². The molecule has 0 amide bonds. The molecule has 9 aliphatic rings. The van der Waals surface area contributed by atoms with E-state index < -0.39 is 169 Å². The Bertz CT molecular complexity index is 2380. The first-order chi connectivity index (χ1) is 36.8. The molecule has 0 aromatic rings. The number of carbonyl (C=O) groups excluding carboxylic acids is 1. The highest BCUT2D eigenvalue weighted by atomic mass is 32.3. The maximum Gasteiger partial charge on any atom is 0.397 e. The van der Waals surface area contributed by atoms with Crippen LogP contribution in [0, 0.1) is 56.7 Å². The van der Waals surface area contributed by atoms with Crippen LogP contribution in [0.25, 0.3) is 0 Å². The number of rotatable bonds is 12. The number of esters is 1. The summed E-state index contributed by atoms with van der Waals surface area (Å²) in [6.45, 7) is 15.5. The molecule has 4 aliphatic heterocycles. The number of ether oxygens (including phenoxy) is 8. The van der Waals surface area contributed by atoms with Gasteiger partial charge in [-0.2, -0.15) is 8.42 Å². The van der Waals surface area contributed by atoms with Gasteiger partial charge in [0.1, 0.15) is 73.2 Å². The highest BCUT2D eigenvalue weighted by Crippen LogP contribution is 2.77. The van der Waals surface area contributed by atoms with Crippen molar-refractivity contribution in [2.24, 2.45) is 56.7 Å². The van der Waals surface area contributed by atoms with Gasteiger partial charge in [0.15, 0.2) is 31.1 Å². The molecule has 0 aromatic carbocycles. The summed E-state index contributed by atoms with van der Waals surface area (Å²) >= 11 is 0. The van der Waals surface area contributed by atoms with E-state index in [1.54, 1.807) is 0 Å². The second-order valence-corrected chi connectivity index (χ2v) is 26.8. The zero-order chi connectivity index (χ0) is 58.0. The number of hydrogen-bond acceptors (Lipinski definition) is 23. The molecule has 4 heterocycles. The normalized spacial score (nSPS) is 52.8. The molecule has 9 rings (SSSR count). The topological polar surface area (TPSA) is 394 Å². The fourth-order valence-corrected chi connectivity index (χ4v) is 17.5. The number of aliphatic hydroxyl groups is 10. The van der Waals surface area contributed by atoms with Crippen LogP contribution in [0.5, 0.6) is 0 Å². The van der Waals surface area contributed by atoms with Gasteiger partial charge in [-0.15, -0.1) is 0 Å². The van der Waals surface area contributed by atoms with Crippen molar-refractivity contribution in [3.63, 3.8) is 0 Å². The minimum absolute atomic E-state index is 0.00792. The minimum Gasteiger partial charge on any atom is -0.479 e. The molecular weight excluding hydrogens is 1070 g/mol. The van der Waals surface area contributed by atoms with Crippen molar-refractivity contribution in [2.45, 2.75) is 236 Å². The van der Waals surface area contributed by atoms with Gasteiger partial charge < -0.3 is 94.1 Å². The fourth-order valence-electron chi connectivity index (χ4n) is 17.0. The summed E-state index contributed by atoms with van der Waals surface area (Å²) in [7, 11) is -5.25. The molecule has 0 spiro atoms. The molecule has 4 saturated carbocycles. The SMILES string of the molecule is CC1=CC[C@]2(C(=O)O[C@@H]3O[C@H](CO)[C@@H](O)[C@H](O)[C@H]3OS(=O)(=O)O)CC[C@]3(C)[C@H](CC[C@@H]4[C@@]5(C)CC[C@H](O[C@@H]6O[C@H](C(=O)O)[C@@H](O)[C@H](O)[C@H]6O[C@@H]6OC[C@H](O)[C@H](O)[C@H]6O[C@@H]6O[C@@H](C)[C@H](O)[C@@H](O)[C@H]6O)C(C)(C)[C@@H]5CC[C@]43C)[C@@H]2[C@H]1C. The molecule has 0 unspecified atom stereocenters. The number of aliphatic carboxylic acids is 1. The van der Waals surface area contributed by atoms with Crippen molar-refractivity contribution < 1.29 is 121 Å². The summed E-state index contributed by atoms with van der Waals surface area (Å²) in [6.07, 6.45) is -26.2. The lowest BCUT2D eigenvalue weighted by Gasteiger charge is -2.73. The molecule has 79 heavy (non-hydrogen) atoms. The Labute approximate surface area is 459 Å². The van der Waals surface area contributed by atoms with E-state index in [1.807, 2.05) is 13.0 Å². The highest BCUT2D eigenvalue weighted by molar-refractivity contribution is 7.80. The zero-order valence-corrected chi connectivity index (χ0v) is 46.7. The Morgan fingerprint density at radius 2 is 1.33 bits per heavy atom. The van der Waals surface area contributed by atoms with Crippen LogP contribution in [0.2, 0.25) is 0 Å². The second kappa shape index (κ2) is 22.1. The van der Waals surface area contributed by atoms with Gasteiger partial charge >= 0.3 is 22.3 Å². The number of carboxylic acids is 1. The Hall–Kier alpha value is -2.13. The van der Waals surface area contributed by atoms with Crippen molar-refractivity contribution >= 4 is 22.3 Å². The van der Waals surface area contributed by atoms with Crippen LogP contribution in [0.3, 0.4) is 0 Å². The average Bonchev–Trinajstić information content (AvgIpc) is 3.55. The summed E-state index contributed by atoms with van der Waals surface area (Å²) in [4.78, 5) is 27.5. The van der Waals surface area contributed by atoms with Gasteiger partial charge in [-0.05, 0) is 123 Å². The highest BCUT2D eigenvalue weighted by Gasteiger charge is 2.72. The van der Waals surface area contributed by atoms with E-state index in [1.165, 1.54) is 6.92 Å². The molecule has 29 atom stereocenters. The first kappa shape index (κ1) is 61.4. The average molecular weight is 1150 g/mol. The van der Waals surface area contributed by atoms with E-state index in [2.05, 4.69) is 41.5 Å². The number of allylic oxidation sites excluding steroid dienone is 2. The van der Waals surface area contributed by atoms with Crippen LogP contribution in [-0.4, -0.2) is 217 Å². The Balaban J connectivity index is 0.953. The van der Waals surface area contributed by atoms with Gasteiger partial charge in [-0.1, -0.05) is 53.2 Å². The first-order valence-electron chi connectivity index (χ1n) is 27.8. The third kappa shape index (κ3) is 10.3. The lowest BCUT2D eigenvalue weighted by atomic mass is 9.31. The molecule has 12 N–H and O–H groups in total. The van der Waals surface area contributed by atoms with E-state index in [-0.39, 0.29) is 45.8 Å². The number of hydrogen-bond donors (Lipinski definition) is 12. The summed E-state index contributed by atoms with van der Waals surface area (Å²) in [6, 6.07) is 0. The van der Waals surface area contributed by atoms with Crippen molar-refractivity contribution in [1.29, 1.82) is 0 Å². The van der Waals surface area contributed by atoms with Gasteiger partial charge in [0.2, 0.25) is 6.29 Å². The van der Waals surface area contributed by atoms with Gasteiger partial charge in [0.05, 0.1) is 30.8 Å². The van der Waals surface area contributed by atoms with E-state index in [0.717, 1.165) is 31.3 Å². The van der Waals surface area contributed by atoms with Gasteiger partial charge in [-0.3, -0.25) is 9.35 Å². The fraction of sp³-hybridized carbons (Fsp3) is 0.925. The predicted molar refractivity (Wildman–Crippen MR) is 266 cm³/mol. The first-order valence-corrected chi connectivity index (χ1v) is 29.2. The van der Waals surface area contributed by atoms with Crippen molar-refractivity contribution in [1.82, 2.24) is 0 Å². The Morgan fingerprint density at radius 3 is 1.99 bits per heavy atom. The van der Waals surface area contributed by atoms with E-state index in [0.29, 0.717) is 32.1 Å². The standard InChI is InChI=1S/C53H84O25S/c1-21-11-16-53(48(66)77-47-42(78-79(67,68)69)35(60)33(58)26(19-54)72-47)18-17-51(7)24(30(53)22(21)2)9-10-28-50(6)14-13-29(49(4,5)27(50)12-15-52(28,51)8)73-46-41(37(62)36(61)39(74-46)43(64)65)76-45-40(32(57)25(55)20-70-45)75-44-38(63)34(59)31(56)23(3)71-44/h11,22-42,44-47,54-63H,9-10,12-20H2,1-8H3,(H,64,65)(H,67,68,69)/t22-,23-,24+,25-,26+,27-,28+,29-,30-,31-,32-,33+,34+,35-,36-,37-,38+,39-,40+,41+,42+,44-,45-,46+,47-,50-,51+,52+,53-/m0/s1. The van der Waals surface area contributed by atoms with E-state index in [9.17, 15) is 73.9 Å². The molecule has 0 bridgehead atoms. The van der Waals surface area contributed by atoms with Crippen molar-refractivity contribution in [3.05, 3.63) is 11.6 Å². The van der Waals surface area contributed by atoms with Gasteiger partial charge in [0.25, 0.3) is 0 Å². The third-order valence-corrected chi connectivity index (χ3v) is 22.1.